The fourth-order valence-electron chi connectivity index (χ4n) is 1.94. The van der Waals surface area contributed by atoms with Gasteiger partial charge in [-0.2, -0.15) is 0 Å². The number of carbonyl (C=O) groups excluding carboxylic acids is 1. The van der Waals surface area contributed by atoms with Crippen LogP contribution in [0.25, 0.3) is 0 Å². The van der Waals surface area contributed by atoms with Gasteiger partial charge in [0, 0.05) is 25.2 Å². The number of hydrogen-bond acceptors (Lipinski definition) is 3. The van der Waals surface area contributed by atoms with Gasteiger partial charge in [-0.05, 0) is 6.07 Å². The average Bonchev–Trinajstić information content (AvgIpc) is 2.26. The first-order valence-corrected chi connectivity index (χ1v) is 5.44. The van der Waals surface area contributed by atoms with Crippen molar-refractivity contribution in [1.29, 1.82) is 0 Å². The van der Waals surface area contributed by atoms with E-state index in [9.17, 15) is 9.18 Å². The normalized spacial score (nSPS) is 17.4. The summed E-state index contributed by atoms with van der Waals surface area (Å²) in [4.78, 5) is 17.2. The van der Waals surface area contributed by atoms with Gasteiger partial charge in [0.25, 0.3) is 5.91 Å². The SMILES string of the molecule is CN(CC1(C)COC1)C(=O)c1cncc(F)c1. The van der Waals surface area contributed by atoms with E-state index in [-0.39, 0.29) is 16.9 Å². The lowest BCUT2D eigenvalue weighted by Crippen LogP contribution is -2.49. The van der Waals surface area contributed by atoms with Gasteiger partial charge in [0.1, 0.15) is 5.82 Å². The fraction of sp³-hybridized carbons (Fsp3) is 0.500. The third kappa shape index (κ3) is 2.61. The predicted octanol–water partition coefficient (Wildman–Crippen LogP) is 1.33. The number of ether oxygens (including phenoxy) is 1. The number of aromatic nitrogens is 1. The van der Waals surface area contributed by atoms with E-state index < -0.39 is 5.82 Å². The van der Waals surface area contributed by atoms with Crippen LogP contribution in [0.4, 0.5) is 4.39 Å². The van der Waals surface area contributed by atoms with Gasteiger partial charge in [0.2, 0.25) is 0 Å². The molecule has 0 radical (unpaired) electrons. The molecule has 4 nitrogen and oxygen atoms in total. The minimum Gasteiger partial charge on any atom is -0.380 e. The van der Waals surface area contributed by atoms with Gasteiger partial charge in [-0.3, -0.25) is 9.78 Å². The molecule has 2 heterocycles. The highest BCUT2D eigenvalue weighted by Gasteiger charge is 2.35. The minimum atomic E-state index is -0.498. The van der Waals surface area contributed by atoms with Crippen molar-refractivity contribution in [1.82, 2.24) is 9.88 Å². The molecule has 5 heteroatoms. The predicted molar refractivity (Wildman–Crippen MR) is 60.1 cm³/mol. The zero-order chi connectivity index (χ0) is 12.5. The molecule has 1 saturated heterocycles. The molecule has 0 spiro atoms. The molecule has 1 fully saturated rings. The Morgan fingerprint density at radius 2 is 2.29 bits per heavy atom. The molecule has 1 aliphatic heterocycles. The zero-order valence-corrected chi connectivity index (χ0v) is 9.94. The maximum atomic E-state index is 13.0. The van der Waals surface area contributed by atoms with Crippen LogP contribution < -0.4 is 0 Å². The number of nitrogens with zero attached hydrogens (tertiary/aromatic N) is 2. The molecule has 0 unspecified atom stereocenters. The number of halogens is 1. The van der Waals surface area contributed by atoms with Crippen LogP contribution in [0.2, 0.25) is 0 Å². The maximum absolute atomic E-state index is 13.0. The van der Waals surface area contributed by atoms with Crippen molar-refractivity contribution in [3.8, 4) is 0 Å². The molecule has 0 N–H and O–H groups in total. The van der Waals surface area contributed by atoms with Crippen molar-refractivity contribution < 1.29 is 13.9 Å². The molecule has 0 aliphatic carbocycles. The summed E-state index contributed by atoms with van der Waals surface area (Å²) in [5.74, 6) is -0.715. The van der Waals surface area contributed by atoms with Crippen LogP contribution in [0.5, 0.6) is 0 Å². The molecule has 17 heavy (non-hydrogen) atoms. The van der Waals surface area contributed by atoms with Crippen molar-refractivity contribution in [2.24, 2.45) is 5.41 Å². The first-order chi connectivity index (χ1) is 8.00. The molecule has 1 aliphatic rings. The second-order valence-corrected chi connectivity index (χ2v) is 4.86. The highest BCUT2D eigenvalue weighted by Crippen LogP contribution is 2.27. The third-order valence-electron chi connectivity index (χ3n) is 2.82. The molecule has 1 aromatic rings. The molecule has 0 bridgehead atoms. The lowest BCUT2D eigenvalue weighted by atomic mass is 9.88. The molecule has 1 amide bonds. The lowest BCUT2D eigenvalue weighted by Gasteiger charge is -2.40. The highest BCUT2D eigenvalue weighted by molar-refractivity contribution is 5.93. The Bertz CT molecular complexity index is 432. The Morgan fingerprint density at radius 1 is 1.59 bits per heavy atom. The topological polar surface area (TPSA) is 42.4 Å². The second-order valence-electron chi connectivity index (χ2n) is 4.86. The average molecular weight is 238 g/mol. The number of carbonyl (C=O) groups is 1. The standard InChI is InChI=1S/C12H15FN2O2/c1-12(7-17-8-12)6-15(2)11(16)9-3-10(13)5-14-4-9/h3-5H,6-8H2,1-2H3. The molecular weight excluding hydrogens is 223 g/mol. The van der Waals surface area contributed by atoms with E-state index in [1.54, 1.807) is 11.9 Å². The molecule has 0 saturated carbocycles. The van der Waals surface area contributed by atoms with Crippen LogP contribution in [-0.4, -0.2) is 42.6 Å². The van der Waals surface area contributed by atoms with Crippen molar-refractivity contribution in [2.45, 2.75) is 6.92 Å². The quantitative estimate of drug-likeness (QED) is 0.797. The molecular formula is C12H15FN2O2. The van der Waals surface area contributed by atoms with Gasteiger partial charge >= 0.3 is 0 Å². The van der Waals surface area contributed by atoms with Crippen molar-refractivity contribution in [2.75, 3.05) is 26.8 Å². The van der Waals surface area contributed by atoms with Gasteiger partial charge in [0.05, 0.1) is 25.0 Å². The molecule has 0 aromatic carbocycles. The summed E-state index contributed by atoms with van der Waals surface area (Å²) in [5.41, 5.74) is 0.293. The van der Waals surface area contributed by atoms with E-state index in [0.717, 1.165) is 6.20 Å². The van der Waals surface area contributed by atoms with E-state index in [1.165, 1.54) is 12.3 Å². The Balaban J connectivity index is 2.04. The number of hydrogen-bond donors (Lipinski definition) is 0. The zero-order valence-electron chi connectivity index (χ0n) is 9.94. The second kappa shape index (κ2) is 4.41. The summed E-state index contributed by atoms with van der Waals surface area (Å²) in [7, 11) is 1.71. The van der Waals surface area contributed by atoms with E-state index in [0.29, 0.717) is 19.8 Å². The van der Waals surface area contributed by atoms with Crippen LogP contribution in [0.15, 0.2) is 18.5 Å². The Morgan fingerprint density at radius 3 is 2.82 bits per heavy atom. The van der Waals surface area contributed by atoms with Crippen LogP contribution >= 0.6 is 0 Å². The number of rotatable bonds is 3. The lowest BCUT2D eigenvalue weighted by molar-refractivity contribution is -0.109. The summed E-state index contributed by atoms with van der Waals surface area (Å²) >= 11 is 0. The van der Waals surface area contributed by atoms with Crippen molar-refractivity contribution in [3.63, 3.8) is 0 Å². The van der Waals surface area contributed by atoms with Crippen molar-refractivity contribution >= 4 is 5.91 Å². The van der Waals surface area contributed by atoms with E-state index in [4.69, 9.17) is 4.74 Å². The largest absolute Gasteiger partial charge is 0.380 e. The monoisotopic (exact) mass is 238 g/mol. The van der Waals surface area contributed by atoms with Crippen LogP contribution in [0.3, 0.4) is 0 Å². The number of pyridine rings is 1. The highest BCUT2D eigenvalue weighted by atomic mass is 19.1. The summed E-state index contributed by atoms with van der Waals surface area (Å²) in [6.07, 6.45) is 2.46. The molecule has 2 rings (SSSR count). The molecule has 92 valence electrons. The van der Waals surface area contributed by atoms with Crippen molar-refractivity contribution in [3.05, 3.63) is 29.8 Å². The number of amides is 1. The van der Waals surface area contributed by atoms with E-state index in [1.807, 2.05) is 0 Å². The van der Waals surface area contributed by atoms with Crippen LogP contribution in [0, 0.1) is 11.2 Å². The summed E-state index contributed by atoms with van der Waals surface area (Å²) in [6, 6.07) is 1.20. The van der Waals surface area contributed by atoms with Gasteiger partial charge in [-0.1, -0.05) is 6.92 Å². The Kier molecular flexibility index (Phi) is 3.11. The van der Waals surface area contributed by atoms with Gasteiger partial charge < -0.3 is 9.64 Å². The third-order valence-corrected chi connectivity index (χ3v) is 2.82. The molecule has 1 aromatic heterocycles. The minimum absolute atomic E-state index is 0.0190. The van der Waals surface area contributed by atoms with Gasteiger partial charge in [-0.25, -0.2) is 4.39 Å². The Hall–Kier alpha value is -1.49. The van der Waals surface area contributed by atoms with E-state index >= 15 is 0 Å². The van der Waals surface area contributed by atoms with E-state index in [2.05, 4.69) is 11.9 Å². The van der Waals surface area contributed by atoms with Gasteiger partial charge in [-0.15, -0.1) is 0 Å². The molecule has 0 atom stereocenters. The van der Waals surface area contributed by atoms with Gasteiger partial charge in [0.15, 0.2) is 0 Å². The van der Waals surface area contributed by atoms with Crippen LogP contribution in [0.1, 0.15) is 17.3 Å². The summed E-state index contributed by atoms with van der Waals surface area (Å²) in [6.45, 7) is 3.98. The summed E-state index contributed by atoms with van der Waals surface area (Å²) in [5, 5.41) is 0. The Labute approximate surface area is 99.4 Å². The van der Waals surface area contributed by atoms with Crippen LogP contribution in [-0.2, 0) is 4.74 Å². The maximum Gasteiger partial charge on any atom is 0.255 e. The summed E-state index contributed by atoms with van der Waals surface area (Å²) < 4.78 is 18.1. The first kappa shape index (κ1) is 12.0. The smallest absolute Gasteiger partial charge is 0.255 e. The first-order valence-electron chi connectivity index (χ1n) is 5.44. The fourth-order valence-corrected chi connectivity index (χ4v) is 1.94.